The van der Waals surface area contributed by atoms with E-state index in [1.165, 1.54) is 0 Å². The standard InChI is InChI=1S/C11H9F2NO4S/c1-19(17,18)3-2-14-8-5-6(12)4-7(13)9(8)10(15)11(14)16/h4-5H,2-3H2,1H3. The predicted molar refractivity (Wildman–Crippen MR) is 62.8 cm³/mol. The monoisotopic (exact) mass is 289 g/mol. The van der Waals surface area contributed by atoms with Crippen molar-refractivity contribution in [2.45, 2.75) is 0 Å². The fourth-order valence-corrected chi connectivity index (χ4v) is 2.33. The number of nitrogens with zero attached hydrogens (tertiary/aromatic N) is 1. The van der Waals surface area contributed by atoms with Crippen LogP contribution in [0.25, 0.3) is 0 Å². The number of halogens is 2. The summed E-state index contributed by atoms with van der Waals surface area (Å²) in [6.07, 6.45) is 0.961. The van der Waals surface area contributed by atoms with Crippen molar-refractivity contribution in [3.8, 4) is 0 Å². The van der Waals surface area contributed by atoms with Gasteiger partial charge >= 0.3 is 0 Å². The third kappa shape index (κ3) is 2.48. The second-order valence-electron chi connectivity index (χ2n) is 4.20. The number of hydrogen-bond donors (Lipinski definition) is 0. The van der Waals surface area contributed by atoms with E-state index in [9.17, 15) is 26.8 Å². The minimum absolute atomic E-state index is 0.226. The Kier molecular flexibility index (Phi) is 3.13. The number of carbonyl (C=O) groups is 2. The van der Waals surface area contributed by atoms with Crippen LogP contribution in [0.3, 0.4) is 0 Å². The van der Waals surface area contributed by atoms with E-state index in [0.717, 1.165) is 17.2 Å². The largest absolute Gasteiger partial charge is 0.304 e. The highest BCUT2D eigenvalue weighted by Crippen LogP contribution is 2.31. The van der Waals surface area contributed by atoms with E-state index < -0.39 is 44.5 Å². The molecule has 0 saturated carbocycles. The Morgan fingerprint density at radius 2 is 1.84 bits per heavy atom. The molecular weight excluding hydrogens is 280 g/mol. The van der Waals surface area contributed by atoms with E-state index in [0.29, 0.717) is 6.07 Å². The Morgan fingerprint density at radius 1 is 1.21 bits per heavy atom. The topological polar surface area (TPSA) is 71.5 Å². The lowest BCUT2D eigenvalue weighted by Crippen LogP contribution is -2.33. The van der Waals surface area contributed by atoms with Crippen LogP contribution in [0.5, 0.6) is 0 Å². The fourth-order valence-electron chi connectivity index (χ4n) is 1.82. The first-order valence-electron chi connectivity index (χ1n) is 5.23. The van der Waals surface area contributed by atoms with Gasteiger partial charge in [-0.15, -0.1) is 0 Å². The average molecular weight is 289 g/mol. The van der Waals surface area contributed by atoms with E-state index in [4.69, 9.17) is 0 Å². The van der Waals surface area contributed by atoms with Gasteiger partial charge in [-0.2, -0.15) is 0 Å². The van der Waals surface area contributed by atoms with Gasteiger partial charge in [0.25, 0.3) is 11.7 Å². The summed E-state index contributed by atoms with van der Waals surface area (Å²) >= 11 is 0. The highest BCUT2D eigenvalue weighted by atomic mass is 32.2. The molecule has 0 saturated heterocycles. The first-order chi connectivity index (χ1) is 8.70. The zero-order chi connectivity index (χ0) is 14.4. The third-order valence-corrected chi connectivity index (χ3v) is 3.60. The molecular formula is C11H9F2NO4S. The van der Waals surface area contributed by atoms with E-state index in [1.54, 1.807) is 0 Å². The number of carbonyl (C=O) groups excluding carboxylic acids is 2. The van der Waals surface area contributed by atoms with Crippen molar-refractivity contribution in [3.05, 3.63) is 29.3 Å². The summed E-state index contributed by atoms with van der Waals surface area (Å²) in [6.45, 7) is -0.320. The van der Waals surface area contributed by atoms with Crippen LogP contribution >= 0.6 is 0 Å². The van der Waals surface area contributed by atoms with E-state index in [2.05, 4.69) is 0 Å². The van der Waals surface area contributed by atoms with Crippen molar-refractivity contribution in [3.63, 3.8) is 0 Å². The number of amides is 1. The van der Waals surface area contributed by atoms with Crippen molar-refractivity contribution in [2.24, 2.45) is 0 Å². The van der Waals surface area contributed by atoms with Crippen molar-refractivity contribution in [2.75, 3.05) is 23.5 Å². The zero-order valence-electron chi connectivity index (χ0n) is 9.81. The maximum atomic E-state index is 13.5. The quantitative estimate of drug-likeness (QED) is 0.761. The lowest BCUT2D eigenvalue weighted by atomic mass is 10.1. The number of benzene rings is 1. The molecule has 0 spiro atoms. The van der Waals surface area contributed by atoms with E-state index in [-0.39, 0.29) is 12.2 Å². The molecule has 0 N–H and O–H groups in total. The van der Waals surface area contributed by atoms with Crippen LogP contribution in [-0.4, -0.2) is 38.7 Å². The summed E-state index contributed by atoms with van der Waals surface area (Å²) < 4.78 is 48.7. The number of sulfone groups is 1. The molecule has 1 aliphatic heterocycles. The highest BCUT2D eigenvalue weighted by molar-refractivity contribution is 7.90. The van der Waals surface area contributed by atoms with Gasteiger partial charge < -0.3 is 4.90 Å². The summed E-state index contributed by atoms with van der Waals surface area (Å²) in [5, 5.41) is 0. The minimum Gasteiger partial charge on any atom is -0.304 e. The molecule has 1 amide bonds. The average Bonchev–Trinajstić information content (AvgIpc) is 2.48. The second-order valence-corrected chi connectivity index (χ2v) is 6.46. The molecule has 1 aliphatic rings. The molecule has 0 aliphatic carbocycles. The van der Waals surface area contributed by atoms with Crippen LogP contribution in [0.1, 0.15) is 10.4 Å². The number of ketones is 1. The molecule has 1 aromatic carbocycles. The maximum absolute atomic E-state index is 13.5. The van der Waals surface area contributed by atoms with Gasteiger partial charge in [-0.05, 0) is 6.07 Å². The van der Waals surface area contributed by atoms with Gasteiger partial charge in [0.1, 0.15) is 21.5 Å². The lowest BCUT2D eigenvalue weighted by molar-refractivity contribution is -0.114. The number of Topliss-reactive ketones (excluding diaryl/α,β-unsaturated/α-hetero) is 1. The first-order valence-corrected chi connectivity index (χ1v) is 7.30. The Hall–Kier alpha value is -1.83. The molecule has 5 nitrogen and oxygen atoms in total. The van der Waals surface area contributed by atoms with Crippen LogP contribution < -0.4 is 4.90 Å². The third-order valence-electron chi connectivity index (χ3n) is 2.68. The molecule has 0 unspecified atom stereocenters. The molecule has 19 heavy (non-hydrogen) atoms. The molecule has 0 fully saturated rings. The Morgan fingerprint density at radius 3 is 2.42 bits per heavy atom. The SMILES string of the molecule is CS(=O)(=O)CCN1C(=O)C(=O)c2c(F)cc(F)cc21. The van der Waals surface area contributed by atoms with Gasteiger partial charge in [-0.25, -0.2) is 17.2 Å². The van der Waals surface area contributed by atoms with Crippen LogP contribution in [0.15, 0.2) is 12.1 Å². The van der Waals surface area contributed by atoms with Gasteiger partial charge in [0, 0.05) is 18.9 Å². The molecule has 0 bridgehead atoms. The summed E-state index contributed by atoms with van der Waals surface area (Å²) in [5.74, 6) is -4.62. The Labute approximate surface area is 107 Å². The molecule has 8 heteroatoms. The van der Waals surface area contributed by atoms with Crippen LogP contribution in [0.4, 0.5) is 14.5 Å². The zero-order valence-corrected chi connectivity index (χ0v) is 10.6. The molecule has 1 heterocycles. The molecule has 102 valence electrons. The predicted octanol–water partition coefficient (Wildman–Crippen LogP) is 0.539. The summed E-state index contributed by atoms with van der Waals surface area (Å²) in [5.41, 5.74) is -0.740. The maximum Gasteiger partial charge on any atom is 0.299 e. The Balaban J connectivity index is 2.44. The van der Waals surface area contributed by atoms with Crippen molar-refractivity contribution >= 4 is 27.2 Å². The molecule has 1 aromatic rings. The molecule has 2 rings (SSSR count). The van der Waals surface area contributed by atoms with Crippen molar-refractivity contribution in [1.29, 1.82) is 0 Å². The van der Waals surface area contributed by atoms with E-state index in [1.807, 2.05) is 0 Å². The smallest absolute Gasteiger partial charge is 0.299 e. The lowest BCUT2D eigenvalue weighted by Gasteiger charge is -2.15. The fraction of sp³-hybridized carbons (Fsp3) is 0.273. The normalized spacial score (nSPS) is 15.0. The van der Waals surface area contributed by atoms with Gasteiger partial charge in [0.15, 0.2) is 0 Å². The van der Waals surface area contributed by atoms with Gasteiger partial charge in [-0.3, -0.25) is 9.59 Å². The second kappa shape index (κ2) is 4.37. The summed E-state index contributed by atoms with van der Waals surface area (Å²) in [6, 6.07) is 1.34. The summed E-state index contributed by atoms with van der Waals surface area (Å²) in [7, 11) is -3.37. The number of hydrogen-bond acceptors (Lipinski definition) is 4. The first kappa shape index (κ1) is 13.6. The van der Waals surface area contributed by atoms with Crippen molar-refractivity contribution < 1.29 is 26.8 Å². The van der Waals surface area contributed by atoms with Crippen LogP contribution in [-0.2, 0) is 14.6 Å². The van der Waals surface area contributed by atoms with E-state index >= 15 is 0 Å². The summed E-state index contributed by atoms with van der Waals surface area (Å²) in [4.78, 5) is 24.0. The van der Waals surface area contributed by atoms with Gasteiger partial charge in [-0.1, -0.05) is 0 Å². The molecule has 0 aromatic heterocycles. The molecule has 0 radical (unpaired) electrons. The minimum atomic E-state index is -3.37. The highest BCUT2D eigenvalue weighted by Gasteiger charge is 2.38. The number of anilines is 1. The molecule has 0 atom stereocenters. The van der Waals surface area contributed by atoms with Crippen molar-refractivity contribution in [1.82, 2.24) is 0 Å². The van der Waals surface area contributed by atoms with Crippen LogP contribution in [0, 0.1) is 11.6 Å². The Bertz CT molecular complexity index is 684. The van der Waals surface area contributed by atoms with Crippen LogP contribution in [0.2, 0.25) is 0 Å². The number of fused-ring (bicyclic) bond motifs is 1. The number of rotatable bonds is 3. The van der Waals surface area contributed by atoms with Gasteiger partial charge in [0.2, 0.25) is 0 Å². The van der Waals surface area contributed by atoms with Gasteiger partial charge in [0.05, 0.1) is 17.0 Å².